The molecule has 0 aromatic heterocycles. The normalized spacial score (nSPS) is 18.7. The lowest BCUT2D eigenvalue weighted by molar-refractivity contribution is 0.601. The van der Waals surface area contributed by atoms with E-state index in [1.807, 2.05) is 17.8 Å². The number of hydrogen-bond donors (Lipinski definition) is 2. The Hall–Kier alpha value is -0.880. The number of rotatable bonds is 4. The van der Waals surface area contributed by atoms with Crippen LogP contribution in [-0.2, 0) is 9.84 Å². The molecule has 2 N–H and O–H groups in total. The van der Waals surface area contributed by atoms with E-state index < -0.39 is 9.84 Å². The maximum Gasteiger partial charge on any atom is 0.177 e. The minimum Gasteiger partial charge on any atom is -0.380 e. The van der Waals surface area contributed by atoms with Gasteiger partial charge < -0.3 is 10.6 Å². The van der Waals surface area contributed by atoms with E-state index in [2.05, 4.69) is 16.9 Å². The van der Waals surface area contributed by atoms with Crippen molar-refractivity contribution in [3.63, 3.8) is 0 Å². The minimum atomic E-state index is -3.19. The Morgan fingerprint density at radius 1 is 1.44 bits per heavy atom. The lowest BCUT2D eigenvalue weighted by Gasteiger charge is -2.29. The molecule has 1 aromatic rings. The van der Waals surface area contributed by atoms with Gasteiger partial charge in [-0.25, -0.2) is 8.42 Å². The fraction of sp³-hybridized carbons (Fsp3) is 0.500. The van der Waals surface area contributed by atoms with E-state index in [9.17, 15) is 8.42 Å². The van der Waals surface area contributed by atoms with Crippen molar-refractivity contribution in [2.45, 2.75) is 17.4 Å². The third-order valence-corrected chi connectivity index (χ3v) is 4.76. The van der Waals surface area contributed by atoms with Crippen LogP contribution in [0.25, 0.3) is 0 Å². The number of sulfone groups is 1. The summed E-state index contributed by atoms with van der Waals surface area (Å²) in [6.07, 6.45) is 4.40. The predicted octanol–water partition coefficient (Wildman–Crippen LogP) is 2.05. The van der Waals surface area contributed by atoms with Crippen LogP contribution in [0.1, 0.15) is 6.42 Å². The van der Waals surface area contributed by atoms with Gasteiger partial charge in [-0.15, -0.1) is 0 Å². The van der Waals surface area contributed by atoms with Gasteiger partial charge in [0.15, 0.2) is 9.84 Å². The average molecular weight is 286 g/mol. The van der Waals surface area contributed by atoms with Gasteiger partial charge in [0.2, 0.25) is 0 Å². The van der Waals surface area contributed by atoms with E-state index in [1.165, 1.54) is 6.26 Å². The molecule has 1 heterocycles. The van der Waals surface area contributed by atoms with Crippen molar-refractivity contribution in [3.8, 4) is 0 Å². The maximum atomic E-state index is 11.7. The number of nitrogens with one attached hydrogen (secondary N) is 2. The second kappa shape index (κ2) is 5.40. The van der Waals surface area contributed by atoms with Crippen molar-refractivity contribution in [2.75, 3.05) is 35.4 Å². The summed E-state index contributed by atoms with van der Waals surface area (Å²) in [6, 6.07) is 5.70. The Labute approximate surface area is 112 Å². The summed E-state index contributed by atoms with van der Waals surface area (Å²) in [5.74, 6) is 1.10. The standard InChI is InChI=1S/C12H18N2O2S2/c1-17-7-6-9-8-13-12-10(14-9)4-3-5-11(12)18(2,15)16/h3-5,9,13-14H,6-8H2,1-2H3. The first-order chi connectivity index (χ1) is 8.52. The number of hydrogen-bond acceptors (Lipinski definition) is 5. The highest BCUT2D eigenvalue weighted by atomic mass is 32.2. The fourth-order valence-corrected chi connectivity index (χ4v) is 3.47. The van der Waals surface area contributed by atoms with Crippen molar-refractivity contribution in [1.29, 1.82) is 0 Å². The molecule has 4 nitrogen and oxygen atoms in total. The summed E-state index contributed by atoms with van der Waals surface area (Å²) >= 11 is 1.82. The lowest BCUT2D eigenvalue weighted by Crippen LogP contribution is -2.34. The molecule has 1 aliphatic rings. The van der Waals surface area contributed by atoms with Crippen molar-refractivity contribution in [1.82, 2.24) is 0 Å². The summed E-state index contributed by atoms with van der Waals surface area (Å²) in [4.78, 5) is 0.371. The summed E-state index contributed by atoms with van der Waals surface area (Å²) in [7, 11) is -3.19. The molecule has 0 amide bonds. The quantitative estimate of drug-likeness (QED) is 0.887. The van der Waals surface area contributed by atoms with Crippen LogP contribution in [0.15, 0.2) is 23.1 Å². The van der Waals surface area contributed by atoms with Gasteiger partial charge in [0.25, 0.3) is 0 Å². The number of benzene rings is 1. The van der Waals surface area contributed by atoms with E-state index in [0.29, 0.717) is 16.6 Å². The fourth-order valence-electron chi connectivity index (χ4n) is 2.07. The first kappa shape index (κ1) is 13.5. The third-order valence-electron chi connectivity index (χ3n) is 2.98. The molecule has 18 heavy (non-hydrogen) atoms. The zero-order valence-electron chi connectivity index (χ0n) is 10.6. The molecular weight excluding hydrogens is 268 g/mol. The average Bonchev–Trinajstić information content (AvgIpc) is 2.34. The summed E-state index contributed by atoms with van der Waals surface area (Å²) < 4.78 is 23.4. The molecule has 6 heteroatoms. The van der Waals surface area contributed by atoms with Crippen LogP contribution in [0.3, 0.4) is 0 Å². The molecule has 1 atom stereocenters. The van der Waals surface area contributed by atoms with Crippen molar-refractivity contribution in [3.05, 3.63) is 18.2 Å². The molecule has 1 unspecified atom stereocenters. The second-order valence-corrected chi connectivity index (χ2v) is 7.42. The number of fused-ring (bicyclic) bond motifs is 1. The molecule has 0 spiro atoms. The van der Waals surface area contributed by atoms with Gasteiger partial charge in [0.1, 0.15) is 0 Å². The highest BCUT2D eigenvalue weighted by Gasteiger charge is 2.22. The zero-order valence-corrected chi connectivity index (χ0v) is 12.2. The molecule has 2 rings (SSSR count). The van der Waals surface area contributed by atoms with Gasteiger partial charge in [0.05, 0.1) is 16.3 Å². The minimum absolute atomic E-state index is 0.361. The molecule has 0 saturated carbocycles. The summed E-state index contributed by atoms with van der Waals surface area (Å²) in [5.41, 5.74) is 1.59. The van der Waals surface area contributed by atoms with Gasteiger partial charge in [-0.2, -0.15) is 11.8 Å². The van der Waals surface area contributed by atoms with E-state index in [0.717, 1.165) is 24.4 Å². The van der Waals surface area contributed by atoms with Crippen LogP contribution in [0.5, 0.6) is 0 Å². The Bertz CT molecular complexity index is 529. The SMILES string of the molecule is CSCCC1CNc2c(cccc2S(C)(=O)=O)N1. The molecular formula is C12H18N2O2S2. The molecule has 100 valence electrons. The molecule has 1 aliphatic heterocycles. The molecule has 0 saturated heterocycles. The topological polar surface area (TPSA) is 58.2 Å². The van der Waals surface area contributed by atoms with Gasteiger partial charge in [0, 0.05) is 18.8 Å². The zero-order chi connectivity index (χ0) is 13.2. The van der Waals surface area contributed by atoms with Gasteiger partial charge >= 0.3 is 0 Å². The van der Waals surface area contributed by atoms with Crippen LogP contribution in [0.4, 0.5) is 11.4 Å². The van der Waals surface area contributed by atoms with Crippen molar-refractivity contribution in [2.24, 2.45) is 0 Å². The summed E-state index contributed by atoms with van der Waals surface area (Å²) in [6.45, 7) is 0.764. The summed E-state index contributed by atoms with van der Waals surface area (Å²) in [5, 5.41) is 6.65. The van der Waals surface area contributed by atoms with Gasteiger partial charge in [-0.05, 0) is 30.6 Å². The molecule has 0 aliphatic carbocycles. The first-order valence-electron chi connectivity index (χ1n) is 5.85. The Morgan fingerprint density at radius 3 is 2.89 bits per heavy atom. The first-order valence-corrected chi connectivity index (χ1v) is 9.13. The van der Waals surface area contributed by atoms with Crippen LogP contribution in [0, 0.1) is 0 Å². The highest BCUT2D eigenvalue weighted by molar-refractivity contribution is 7.98. The highest BCUT2D eigenvalue weighted by Crippen LogP contribution is 2.33. The number of thioether (sulfide) groups is 1. The predicted molar refractivity (Wildman–Crippen MR) is 78.5 cm³/mol. The largest absolute Gasteiger partial charge is 0.380 e. The van der Waals surface area contributed by atoms with E-state index >= 15 is 0 Å². The second-order valence-electron chi connectivity index (χ2n) is 4.45. The lowest BCUT2D eigenvalue weighted by atomic mass is 10.1. The Balaban J connectivity index is 2.25. The van der Waals surface area contributed by atoms with Crippen molar-refractivity contribution >= 4 is 33.0 Å². The third kappa shape index (κ3) is 2.92. The van der Waals surface area contributed by atoms with Crippen LogP contribution in [-0.4, -0.2) is 39.3 Å². The van der Waals surface area contributed by atoms with Crippen molar-refractivity contribution < 1.29 is 8.42 Å². The van der Waals surface area contributed by atoms with Crippen LogP contribution >= 0.6 is 11.8 Å². The Kier molecular flexibility index (Phi) is 4.07. The van der Waals surface area contributed by atoms with Gasteiger partial charge in [-0.3, -0.25) is 0 Å². The molecule has 0 radical (unpaired) electrons. The Morgan fingerprint density at radius 2 is 2.22 bits per heavy atom. The molecule has 1 aromatic carbocycles. The number of anilines is 2. The van der Waals surface area contributed by atoms with Crippen LogP contribution in [0.2, 0.25) is 0 Å². The van der Waals surface area contributed by atoms with E-state index in [4.69, 9.17) is 0 Å². The van der Waals surface area contributed by atoms with Crippen LogP contribution < -0.4 is 10.6 Å². The number of para-hydroxylation sites is 1. The maximum absolute atomic E-state index is 11.7. The molecule has 0 bridgehead atoms. The smallest absolute Gasteiger partial charge is 0.177 e. The van der Waals surface area contributed by atoms with E-state index in [1.54, 1.807) is 12.1 Å². The van der Waals surface area contributed by atoms with Gasteiger partial charge in [-0.1, -0.05) is 6.07 Å². The molecule has 0 fully saturated rings. The monoisotopic (exact) mass is 286 g/mol. The van der Waals surface area contributed by atoms with E-state index in [-0.39, 0.29) is 0 Å².